The predicted molar refractivity (Wildman–Crippen MR) is 90.3 cm³/mol. The van der Waals surface area contributed by atoms with E-state index in [-0.39, 0.29) is 11.5 Å². The van der Waals surface area contributed by atoms with Crippen molar-refractivity contribution in [3.05, 3.63) is 59.7 Å². The highest BCUT2D eigenvalue weighted by atomic mass is 32.2. The molecule has 5 nitrogen and oxygen atoms in total. The summed E-state index contributed by atoms with van der Waals surface area (Å²) < 4.78 is 33.8. The number of carbonyl (C=O) groups excluding carboxylic acids is 1. The Morgan fingerprint density at radius 1 is 1.04 bits per heavy atom. The maximum atomic E-state index is 12.2. The number of carbonyl (C=O) groups is 1. The molecular formula is C18H16O5S. The Morgan fingerprint density at radius 3 is 2.38 bits per heavy atom. The predicted octanol–water partition coefficient (Wildman–Crippen LogP) is 2.57. The molecule has 0 unspecified atom stereocenters. The summed E-state index contributed by atoms with van der Waals surface area (Å²) >= 11 is 0. The molecular weight excluding hydrogens is 328 g/mol. The first-order valence-electron chi connectivity index (χ1n) is 7.25. The van der Waals surface area contributed by atoms with Gasteiger partial charge in [0.15, 0.2) is 9.84 Å². The van der Waals surface area contributed by atoms with Crippen molar-refractivity contribution >= 4 is 27.0 Å². The monoisotopic (exact) mass is 344 g/mol. The fraction of sp³-hybridized carbons (Fsp3) is 0.167. The number of hydrogen-bond donors (Lipinski definition) is 0. The first-order valence-corrected chi connectivity index (χ1v) is 9.14. The molecule has 6 heteroatoms. The summed E-state index contributed by atoms with van der Waals surface area (Å²) in [6.45, 7) is 0.118. The van der Waals surface area contributed by atoms with Crippen LogP contribution < -0.4 is 4.74 Å². The lowest BCUT2D eigenvalue weighted by Gasteiger charge is -2.07. The second-order valence-electron chi connectivity index (χ2n) is 5.46. The van der Waals surface area contributed by atoms with Crippen LogP contribution in [-0.4, -0.2) is 34.4 Å². The summed E-state index contributed by atoms with van der Waals surface area (Å²) in [6.07, 6.45) is 1.15. The Kier molecular flexibility index (Phi) is 4.15. The maximum Gasteiger partial charge on any atom is 0.339 e. The third kappa shape index (κ3) is 3.05. The molecule has 24 heavy (non-hydrogen) atoms. The number of rotatable bonds is 4. The minimum atomic E-state index is -3.32. The normalized spacial score (nSPS) is 14.7. The van der Waals surface area contributed by atoms with Crippen LogP contribution in [0, 0.1) is 0 Å². The van der Waals surface area contributed by atoms with Crippen LogP contribution in [0.1, 0.15) is 11.1 Å². The molecule has 0 spiro atoms. The molecule has 2 aromatic rings. The molecule has 0 bridgehead atoms. The Bertz CT molecular complexity index is 924. The van der Waals surface area contributed by atoms with E-state index < -0.39 is 15.8 Å². The molecule has 2 aromatic carbocycles. The maximum absolute atomic E-state index is 12.2. The third-order valence-corrected chi connectivity index (χ3v) is 4.95. The second-order valence-corrected chi connectivity index (χ2v) is 7.47. The molecule has 0 radical (unpaired) electrons. The van der Waals surface area contributed by atoms with Gasteiger partial charge in [0.05, 0.1) is 17.6 Å². The summed E-state index contributed by atoms with van der Waals surface area (Å²) in [5, 5.41) is 0. The van der Waals surface area contributed by atoms with Crippen molar-refractivity contribution in [3.63, 3.8) is 0 Å². The van der Waals surface area contributed by atoms with Crippen molar-refractivity contribution in [2.75, 3.05) is 20.0 Å². The standard InChI is InChI=1S/C18H16O5S/c1-22-14-8-6-12(7-9-14)17-16(11-23-18(17)19)13-4-3-5-15(10-13)24(2,20)21/h3-10H,11H2,1-2H3. The largest absolute Gasteiger partial charge is 0.497 e. The second kappa shape index (κ2) is 6.13. The van der Waals surface area contributed by atoms with Crippen molar-refractivity contribution in [1.29, 1.82) is 0 Å². The first kappa shape index (κ1) is 16.3. The van der Waals surface area contributed by atoms with E-state index in [1.807, 2.05) is 0 Å². The molecule has 1 aliphatic heterocycles. The van der Waals surface area contributed by atoms with E-state index in [4.69, 9.17) is 9.47 Å². The van der Waals surface area contributed by atoms with Gasteiger partial charge in [0.25, 0.3) is 0 Å². The molecule has 3 rings (SSSR count). The fourth-order valence-corrected chi connectivity index (χ4v) is 3.26. The van der Waals surface area contributed by atoms with Crippen LogP contribution in [0.3, 0.4) is 0 Å². The van der Waals surface area contributed by atoms with Gasteiger partial charge in [0.2, 0.25) is 0 Å². The molecule has 0 saturated carbocycles. The van der Waals surface area contributed by atoms with Crippen molar-refractivity contribution in [2.45, 2.75) is 4.90 Å². The average Bonchev–Trinajstić information content (AvgIpc) is 2.96. The van der Waals surface area contributed by atoms with Crippen LogP contribution in [-0.2, 0) is 19.4 Å². The van der Waals surface area contributed by atoms with Gasteiger partial charge < -0.3 is 9.47 Å². The van der Waals surface area contributed by atoms with E-state index in [0.717, 1.165) is 6.26 Å². The molecule has 0 N–H and O–H groups in total. The molecule has 0 saturated heterocycles. The van der Waals surface area contributed by atoms with Gasteiger partial charge in [-0.3, -0.25) is 0 Å². The lowest BCUT2D eigenvalue weighted by atomic mass is 9.97. The number of cyclic esters (lactones) is 1. The highest BCUT2D eigenvalue weighted by molar-refractivity contribution is 7.90. The molecule has 1 heterocycles. The Morgan fingerprint density at radius 2 is 1.75 bits per heavy atom. The molecule has 1 aliphatic rings. The highest BCUT2D eigenvalue weighted by Gasteiger charge is 2.27. The molecule has 0 aromatic heterocycles. The Hall–Kier alpha value is -2.60. The first-order chi connectivity index (χ1) is 11.4. The van der Waals surface area contributed by atoms with Crippen LogP contribution in [0.4, 0.5) is 0 Å². The number of esters is 1. The lowest BCUT2D eigenvalue weighted by molar-refractivity contribution is -0.133. The smallest absolute Gasteiger partial charge is 0.339 e. The molecule has 0 atom stereocenters. The summed E-state index contributed by atoms with van der Waals surface area (Å²) in [4.78, 5) is 12.4. The van der Waals surface area contributed by atoms with Gasteiger partial charge in [-0.1, -0.05) is 24.3 Å². The average molecular weight is 344 g/mol. The third-order valence-electron chi connectivity index (χ3n) is 3.84. The zero-order chi connectivity index (χ0) is 17.3. The number of ether oxygens (including phenoxy) is 2. The van der Waals surface area contributed by atoms with Crippen LogP contribution >= 0.6 is 0 Å². The summed E-state index contributed by atoms with van der Waals surface area (Å²) in [7, 11) is -1.75. The number of methoxy groups -OCH3 is 1. The van der Waals surface area contributed by atoms with E-state index in [1.54, 1.807) is 49.6 Å². The minimum Gasteiger partial charge on any atom is -0.497 e. The number of benzene rings is 2. The molecule has 0 aliphatic carbocycles. The van der Waals surface area contributed by atoms with Crippen molar-refractivity contribution in [3.8, 4) is 5.75 Å². The van der Waals surface area contributed by atoms with E-state index >= 15 is 0 Å². The lowest BCUT2D eigenvalue weighted by Crippen LogP contribution is -1.99. The van der Waals surface area contributed by atoms with Crippen molar-refractivity contribution in [1.82, 2.24) is 0 Å². The summed E-state index contributed by atoms with van der Waals surface area (Å²) in [5.74, 6) is 0.270. The SMILES string of the molecule is COc1ccc(C2=C(c3cccc(S(C)(=O)=O)c3)COC2=O)cc1. The van der Waals surface area contributed by atoms with Crippen LogP contribution in [0.5, 0.6) is 5.75 Å². The van der Waals surface area contributed by atoms with E-state index in [9.17, 15) is 13.2 Å². The summed E-state index contributed by atoms with van der Waals surface area (Å²) in [6, 6.07) is 13.6. The summed E-state index contributed by atoms with van der Waals surface area (Å²) in [5.41, 5.74) is 2.49. The van der Waals surface area contributed by atoms with Gasteiger partial charge in [-0.25, -0.2) is 13.2 Å². The van der Waals surface area contributed by atoms with Gasteiger partial charge in [0.1, 0.15) is 12.4 Å². The van der Waals surface area contributed by atoms with E-state index in [2.05, 4.69) is 0 Å². The van der Waals surface area contributed by atoms with Gasteiger partial charge in [-0.05, 0) is 35.4 Å². The Labute approximate surface area is 140 Å². The highest BCUT2D eigenvalue weighted by Crippen LogP contribution is 2.34. The minimum absolute atomic E-state index is 0.118. The fourth-order valence-electron chi connectivity index (χ4n) is 2.60. The van der Waals surface area contributed by atoms with Gasteiger partial charge in [-0.2, -0.15) is 0 Å². The van der Waals surface area contributed by atoms with Gasteiger partial charge >= 0.3 is 5.97 Å². The molecule has 0 fully saturated rings. The number of hydrogen-bond acceptors (Lipinski definition) is 5. The number of sulfone groups is 1. The van der Waals surface area contributed by atoms with Crippen LogP contribution in [0.25, 0.3) is 11.1 Å². The van der Waals surface area contributed by atoms with E-state index in [1.165, 1.54) is 6.07 Å². The van der Waals surface area contributed by atoms with Crippen LogP contribution in [0.2, 0.25) is 0 Å². The van der Waals surface area contributed by atoms with Gasteiger partial charge in [0, 0.05) is 11.8 Å². The molecule has 0 amide bonds. The molecule has 124 valence electrons. The zero-order valence-electron chi connectivity index (χ0n) is 13.3. The zero-order valence-corrected chi connectivity index (χ0v) is 14.1. The Balaban J connectivity index is 2.13. The quantitative estimate of drug-likeness (QED) is 0.797. The van der Waals surface area contributed by atoms with Gasteiger partial charge in [-0.15, -0.1) is 0 Å². The van der Waals surface area contributed by atoms with Crippen LogP contribution in [0.15, 0.2) is 53.4 Å². The van der Waals surface area contributed by atoms with Crippen molar-refractivity contribution < 1.29 is 22.7 Å². The van der Waals surface area contributed by atoms with Crippen molar-refractivity contribution in [2.24, 2.45) is 0 Å². The van der Waals surface area contributed by atoms with E-state index in [0.29, 0.717) is 28.0 Å². The topological polar surface area (TPSA) is 69.7 Å².